The van der Waals surface area contributed by atoms with Crippen molar-refractivity contribution in [1.29, 1.82) is 0 Å². The zero-order valence-electron chi connectivity index (χ0n) is 28.8. The SMILES string of the molecule is C=C/C(C)=C\C1=C(C2=N[C@@H](c3ccccc3)CO2)[C@@]2(C)c3c(P(c4ccccc4)c4ccccc4)cc(C)cc3C(C)(C)C2C1(C)C. The molecule has 0 radical (unpaired) electrons. The number of aryl methyl sites for hydroxylation is 1. The Kier molecular flexibility index (Phi) is 7.80. The fraction of sp³-hybridized carbons (Fsp3) is 0.295. The molecule has 1 heterocycles. The van der Waals surface area contributed by atoms with Crippen molar-refractivity contribution >= 4 is 29.7 Å². The molecule has 47 heavy (non-hydrogen) atoms. The smallest absolute Gasteiger partial charge is 0.213 e. The quantitative estimate of drug-likeness (QED) is 0.146. The Morgan fingerprint density at radius 2 is 1.40 bits per heavy atom. The van der Waals surface area contributed by atoms with E-state index in [-0.39, 0.29) is 28.2 Å². The van der Waals surface area contributed by atoms with E-state index >= 15 is 0 Å². The monoisotopic (exact) mass is 635 g/mol. The Hall–Kier alpha value is -4.00. The van der Waals surface area contributed by atoms with E-state index in [1.165, 1.54) is 49.3 Å². The van der Waals surface area contributed by atoms with Crippen LogP contribution in [0.3, 0.4) is 0 Å². The van der Waals surface area contributed by atoms with Crippen LogP contribution in [0.4, 0.5) is 0 Å². The number of benzene rings is 4. The third-order valence-electron chi connectivity index (χ3n) is 11.0. The number of nitrogens with zero attached hydrogens (tertiary/aromatic N) is 1. The summed E-state index contributed by atoms with van der Waals surface area (Å²) in [5.74, 6) is 1.08. The summed E-state index contributed by atoms with van der Waals surface area (Å²) in [6.45, 7) is 21.5. The molecule has 0 saturated carbocycles. The lowest BCUT2D eigenvalue weighted by Crippen LogP contribution is -2.43. The third-order valence-corrected chi connectivity index (χ3v) is 13.5. The number of rotatable bonds is 7. The van der Waals surface area contributed by atoms with E-state index in [0.717, 1.165) is 11.5 Å². The van der Waals surface area contributed by atoms with Crippen molar-refractivity contribution in [2.75, 3.05) is 6.61 Å². The fourth-order valence-electron chi connectivity index (χ4n) is 9.49. The summed E-state index contributed by atoms with van der Waals surface area (Å²) in [4.78, 5) is 5.41. The van der Waals surface area contributed by atoms with E-state index in [2.05, 4.69) is 164 Å². The Morgan fingerprint density at radius 3 is 1.98 bits per heavy atom. The highest BCUT2D eigenvalue weighted by Gasteiger charge is 2.67. The van der Waals surface area contributed by atoms with Gasteiger partial charge in [-0.05, 0) is 76.7 Å². The number of aliphatic imine (C=N–C) groups is 1. The van der Waals surface area contributed by atoms with Crippen LogP contribution in [0.25, 0.3) is 0 Å². The van der Waals surface area contributed by atoms with Crippen LogP contribution in [0.15, 0.2) is 144 Å². The molecule has 4 aromatic carbocycles. The first-order valence-corrected chi connectivity index (χ1v) is 18.2. The van der Waals surface area contributed by atoms with Gasteiger partial charge in [-0.2, -0.15) is 0 Å². The molecule has 2 nitrogen and oxygen atoms in total. The number of hydrogen-bond donors (Lipinski definition) is 0. The van der Waals surface area contributed by atoms with Crippen LogP contribution in [0, 0.1) is 18.3 Å². The minimum absolute atomic E-state index is 0.0210. The minimum atomic E-state index is -0.838. The summed E-state index contributed by atoms with van der Waals surface area (Å²) in [5.41, 5.74) is 8.56. The first-order chi connectivity index (χ1) is 22.5. The molecule has 3 heteroatoms. The van der Waals surface area contributed by atoms with Crippen molar-refractivity contribution < 1.29 is 4.74 Å². The maximum Gasteiger partial charge on any atom is 0.213 e. The van der Waals surface area contributed by atoms with Crippen molar-refractivity contribution in [2.45, 2.75) is 65.3 Å². The van der Waals surface area contributed by atoms with E-state index in [9.17, 15) is 0 Å². The molecule has 1 aliphatic heterocycles. The van der Waals surface area contributed by atoms with Crippen LogP contribution < -0.4 is 15.9 Å². The fourth-order valence-corrected chi connectivity index (χ4v) is 12.2. The van der Waals surface area contributed by atoms with Crippen molar-refractivity contribution in [1.82, 2.24) is 0 Å². The summed E-state index contributed by atoms with van der Waals surface area (Å²) in [5, 5.41) is 4.19. The standard InChI is InChI=1S/C44H46NOP/c1-9-29(2)25-35-39(40-45-36(28-46-40)31-19-13-10-14-20-31)44(8)38-34(42(4,5)41(44)43(35,6)7)26-30(3)27-37(38)47(32-21-15-11-16-22-32)33-23-17-12-18-24-33/h9-27,36,41H,1,28H2,2-8H3/b29-25-/t36-,41?,44-/m1/s1. The molecular formula is C44H46NOP. The first-order valence-electron chi connectivity index (χ1n) is 16.9. The van der Waals surface area contributed by atoms with Gasteiger partial charge in [0, 0.05) is 11.0 Å². The lowest BCUT2D eigenvalue weighted by Gasteiger charge is -2.43. The van der Waals surface area contributed by atoms with Gasteiger partial charge < -0.3 is 4.74 Å². The van der Waals surface area contributed by atoms with Crippen molar-refractivity contribution in [3.63, 3.8) is 0 Å². The summed E-state index contributed by atoms with van der Waals surface area (Å²) >= 11 is 0. The predicted octanol–water partition coefficient (Wildman–Crippen LogP) is 9.56. The summed E-state index contributed by atoms with van der Waals surface area (Å²) in [7, 11) is -0.838. The van der Waals surface area contributed by atoms with Crippen LogP contribution in [-0.2, 0) is 15.6 Å². The molecule has 0 bridgehead atoms. The topological polar surface area (TPSA) is 21.6 Å². The van der Waals surface area contributed by atoms with Gasteiger partial charge in [-0.3, -0.25) is 0 Å². The Morgan fingerprint density at radius 1 is 0.830 bits per heavy atom. The van der Waals surface area contributed by atoms with Crippen LogP contribution in [0.1, 0.15) is 69.8 Å². The highest BCUT2D eigenvalue weighted by Crippen LogP contribution is 2.70. The normalized spacial score (nSPS) is 24.2. The molecule has 238 valence electrons. The minimum Gasteiger partial charge on any atom is -0.475 e. The Labute approximate surface area is 282 Å². The van der Waals surface area contributed by atoms with Gasteiger partial charge in [0.2, 0.25) is 5.90 Å². The highest BCUT2D eigenvalue weighted by molar-refractivity contribution is 7.80. The first kappa shape index (κ1) is 31.6. The number of fused-ring (bicyclic) bond motifs is 3. The molecule has 0 N–H and O–H groups in total. The van der Waals surface area contributed by atoms with Crippen LogP contribution in [0.2, 0.25) is 0 Å². The summed E-state index contributed by atoms with van der Waals surface area (Å²) in [6, 6.07) is 37.8. The molecule has 7 rings (SSSR count). The lowest BCUT2D eigenvalue weighted by molar-refractivity contribution is 0.149. The molecule has 2 aliphatic carbocycles. The van der Waals surface area contributed by atoms with E-state index in [4.69, 9.17) is 9.73 Å². The lowest BCUT2D eigenvalue weighted by atomic mass is 9.60. The largest absolute Gasteiger partial charge is 0.475 e. The Bertz CT molecular complexity index is 1890. The van der Waals surface area contributed by atoms with Crippen LogP contribution in [-0.4, -0.2) is 12.5 Å². The number of ether oxygens (including phenoxy) is 1. The van der Waals surface area contributed by atoms with Crippen molar-refractivity contribution in [3.8, 4) is 0 Å². The molecule has 3 atom stereocenters. The van der Waals surface area contributed by atoms with Crippen molar-refractivity contribution in [2.24, 2.45) is 16.3 Å². The van der Waals surface area contributed by atoms with Gasteiger partial charge in [0.25, 0.3) is 0 Å². The van der Waals surface area contributed by atoms with E-state index in [0.29, 0.717) is 6.61 Å². The summed E-state index contributed by atoms with van der Waals surface area (Å²) in [6.07, 6.45) is 4.34. The number of allylic oxidation sites excluding steroid dienone is 4. The van der Waals surface area contributed by atoms with Gasteiger partial charge in [-0.25, -0.2) is 4.99 Å². The van der Waals surface area contributed by atoms with Gasteiger partial charge in [-0.1, -0.05) is 168 Å². The molecule has 1 unspecified atom stereocenters. The molecule has 4 aromatic rings. The Balaban J connectivity index is 1.56. The molecule has 0 spiro atoms. The molecule has 0 saturated heterocycles. The van der Waals surface area contributed by atoms with Crippen molar-refractivity contribution in [3.05, 3.63) is 161 Å². The van der Waals surface area contributed by atoms with Crippen LogP contribution in [0.5, 0.6) is 0 Å². The van der Waals surface area contributed by atoms with Crippen LogP contribution >= 0.6 is 7.92 Å². The zero-order valence-corrected chi connectivity index (χ0v) is 29.7. The maximum atomic E-state index is 6.73. The van der Waals surface area contributed by atoms with E-state index in [1.54, 1.807) is 0 Å². The number of hydrogen-bond acceptors (Lipinski definition) is 2. The van der Waals surface area contributed by atoms with Gasteiger partial charge in [0.15, 0.2) is 0 Å². The second-order valence-electron chi connectivity index (χ2n) is 14.8. The van der Waals surface area contributed by atoms with E-state index in [1.807, 2.05) is 6.08 Å². The second kappa shape index (κ2) is 11.6. The molecular weight excluding hydrogens is 589 g/mol. The van der Waals surface area contributed by atoms with Gasteiger partial charge in [0.05, 0.1) is 0 Å². The predicted molar refractivity (Wildman–Crippen MR) is 201 cm³/mol. The summed E-state index contributed by atoms with van der Waals surface area (Å²) < 4.78 is 6.73. The van der Waals surface area contributed by atoms with Gasteiger partial charge in [0.1, 0.15) is 12.6 Å². The second-order valence-corrected chi connectivity index (χ2v) is 17.0. The van der Waals surface area contributed by atoms with E-state index < -0.39 is 7.92 Å². The maximum absolute atomic E-state index is 6.73. The molecule has 3 aliphatic rings. The van der Waals surface area contributed by atoms with Gasteiger partial charge >= 0.3 is 0 Å². The zero-order chi connectivity index (χ0) is 33.1. The third kappa shape index (κ3) is 4.91. The average molecular weight is 636 g/mol. The molecule has 0 fully saturated rings. The van der Waals surface area contributed by atoms with Gasteiger partial charge in [-0.15, -0.1) is 0 Å². The molecule has 0 amide bonds. The average Bonchev–Trinajstić information content (AvgIpc) is 3.66. The highest BCUT2D eigenvalue weighted by atomic mass is 31.1. The molecule has 0 aromatic heterocycles.